The highest BCUT2D eigenvalue weighted by Crippen LogP contribution is 2.43. The van der Waals surface area contributed by atoms with Gasteiger partial charge in [0.1, 0.15) is 36.4 Å². The lowest BCUT2D eigenvalue weighted by Gasteiger charge is -2.54. The fraction of sp³-hybridized carbons (Fsp3) is 0.756. The van der Waals surface area contributed by atoms with E-state index in [0.29, 0.717) is 6.42 Å². The van der Waals surface area contributed by atoms with Gasteiger partial charge in [-0.05, 0) is 57.3 Å². The number of halogens is 1. The van der Waals surface area contributed by atoms with Gasteiger partial charge in [0.2, 0.25) is 0 Å². The summed E-state index contributed by atoms with van der Waals surface area (Å²) in [7, 11) is -2.56. The first-order chi connectivity index (χ1) is 25.9. The number of fused-ring (bicyclic) bond motifs is 1. The topological polar surface area (TPSA) is 126 Å². The number of alkyl halides is 1. The summed E-state index contributed by atoms with van der Waals surface area (Å²) < 4.78 is 65.3. The van der Waals surface area contributed by atoms with Crippen molar-refractivity contribution in [2.45, 2.75) is 186 Å². The van der Waals surface area contributed by atoms with Crippen LogP contribution >= 0.6 is 11.6 Å². The van der Waals surface area contributed by atoms with Crippen LogP contribution in [0.1, 0.15) is 93.1 Å². The molecule has 3 heterocycles. The fourth-order valence-electron chi connectivity index (χ4n) is 6.80. The smallest absolute Gasteiger partial charge is 0.321 e. The average molecular weight is 813 g/mol. The number of unbranched alkanes of at least 4 members (excludes halogenated alkanes) is 2. The number of esters is 2. The van der Waals surface area contributed by atoms with Gasteiger partial charge >= 0.3 is 11.9 Å². The monoisotopic (exact) mass is 812 g/mol. The molecule has 0 aromatic heterocycles. The number of carbonyl (C=O) groups is 2. The highest BCUT2D eigenvalue weighted by atomic mass is 35.5. The van der Waals surface area contributed by atoms with E-state index in [0.717, 1.165) is 31.2 Å². The fourth-order valence-corrected chi connectivity index (χ4v) is 8.17. The Morgan fingerprint density at radius 3 is 2.35 bits per heavy atom. The Hall–Kier alpha value is -1.91. The van der Waals surface area contributed by atoms with Gasteiger partial charge in [-0.15, -0.1) is 18.2 Å². The first-order valence-electron chi connectivity index (χ1n) is 19.7. The first-order valence-corrected chi connectivity index (χ1v) is 23.1. The van der Waals surface area contributed by atoms with Crippen LogP contribution in [0.15, 0.2) is 43.0 Å². The molecule has 0 saturated carbocycles. The highest BCUT2D eigenvalue weighted by molar-refractivity contribution is 6.74. The number of hydrogen-bond donors (Lipinski definition) is 0. The molecule has 0 spiro atoms. The van der Waals surface area contributed by atoms with Gasteiger partial charge < -0.3 is 47.1 Å². The molecule has 0 bridgehead atoms. The highest BCUT2D eigenvalue weighted by Gasteiger charge is 2.59. The number of ether oxygens (including phenoxy) is 9. The van der Waals surface area contributed by atoms with Crippen LogP contribution in [0.3, 0.4) is 0 Å². The molecular weight excluding hydrogens is 748 g/mol. The van der Waals surface area contributed by atoms with Crippen molar-refractivity contribution in [2.24, 2.45) is 0 Å². The Bertz CT molecular complexity index is 1370. The molecule has 4 rings (SSSR count). The van der Waals surface area contributed by atoms with Crippen LogP contribution in [-0.4, -0.2) is 106 Å². The molecule has 3 saturated heterocycles. The predicted molar refractivity (Wildman–Crippen MR) is 210 cm³/mol. The lowest BCUT2D eigenvalue weighted by Crippen LogP contribution is -2.69. The summed E-state index contributed by atoms with van der Waals surface area (Å²) in [5.41, 5.74) is 0.899. The van der Waals surface area contributed by atoms with Gasteiger partial charge in [-0.25, -0.2) is 0 Å². The molecule has 0 radical (unpaired) electrons. The minimum absolute atomic E-state index is 0.159. The predicted octanol–water partition coefficient (Wildman–Crippen LogP) is 7.59. The zero-order chi connectivity index (χ0) is 40.6. The third-order valence-corrected chi connectivity index (χ3v) is 15.4. The van der Waals surface area contributed by atoms with Crippen LogP contribution in [0.2, 0.25) is 18.1 Å². The summed E-state index contributed by atoms with van der Waals surface area (Å²) in [4.78, 5) is 25.7. The molecule has 3 aliphatic rings. The maximum absolute atomic E-state index is 13.1. The quantitative estimate of drug-likeness (QED) is 0.0477. The Labute approximate surface area is 334 Å². The summed E-state index contributed by atoms with van der Waals surface area (Å²) in [6, 6.07) is 9.66. The molecule has 312 valence electrons. The molecular formula is C41H65ClO12Si. The maximum atomic E-state index is 13.1. The summed E-state index contributed by atoms with van der Waals surface area (Å²) >= 11 is 6.06. The van der Waals surface area contributed by atoms with Gasteiger partial charge in [0.15, 0.2) is 38.9 Å². The molecule has 12 nitrogen and oxygen atoms in total. The van der Waals surface area contributed by atoms with Crippen LogP contribution in [0, 0.1) is 0 Å². The van der Waals surface area contributed by atoms with Crippen molar-refractivity contribution in [2.75, 3.05) is 12.5 Å². The van der Waals surface area contributed by atoms with Crippen LogP contribution in [0.5, 0.6) is 0 Å². The van der Waals surface area contributed by atoms with Gasteiger partial charge in [-0.3, -0.25) is 9.59 Å². The van der Waals surface area contributed by atoms with Gasteiger partial charge in [0.05, 0.1) is 25.4 Å². The van der Waals surface area contributed by atoms with Crippen molar-refractivity contribution < 1.29 is 56.6 Å². The Kier molecular flexibility index (Phi) is 16.8. The Morgan fingerprint density at radius 2 is 1.73 bits per heavy atom. The second-order valence-corrected chi connectivity index (χ2v) is 21.7. The molecule has 11 atom stereocenters. The average Bonchev–Trinajstić information content (AvgIpc) is 3.10. The normalized spacial score (nSPS) is 31.5. The van der Waals surface area contributed by atoms with E-state index in [1.807, 2.05) is 57.2 Å². The molecule has 0 amide bonds. The first kappa shape index (κ1) is 45.8. The molecule has 0 N–H and O–H groups in total. The molecule has 3 fully saturated rings. The van der Waals surface area contributed by atoms with E-state index < -0.39 is 93.3 Å². The summed E-state index contributed by atoms with van der Waals surface area (Å²) in [6.07, 6.45) is -3.20. The van der Waals surface area contributed by atoms with Crippen LogP contribution in [-0.2, 0) is 63.3 Å². The zero-order valence-electron chi connectivity index (χ0n) is 34.5. The largest absolute Gasteiger partial charge is 0.457 e. The van der Waals surface area contributed by atoms with Crippen molar-refractivity contribution in [3.05, 3.63) is 48.6 Å². The van der Waals surface area contributed by atoms with E-state index in [9.17, 15) is 9.59 Å². The lowest BCUT2D eigenvalue weighted by molar-refractivity contribution is -0.403. The van der Waals surface area contributed by atoms with Gasteiger partial charge in [0.25, 0.3) is 0 Å². The van der Waals surface area contributed by atoms with E-state index in [1.54, 1.807) is 0 Å². The van der Waals surface area contributed by atoms with E-state index in [2.05, 4.69) is 47.4 Å². The number of carbonyl (C=O) groups excluding carboxylic acids is 2. The third kappa shape index (κ3) is 12.5. The van der Waals surface area contributed by atoms with E-state index >= 15 is 0 Å². The summed E-state index contributed by atoms with van der Waals surface area (Å²) in [5.74, 6) is -2.57. The van der Waals surface area contributed by atoms with Gasteiger partial charge in [0, 0.05) is 6.92 Å². The second kappa shape index (κ2) is 20.2. The summed E-state index contributed by atoms with van der Waals surface area (Å²) in [6.45, 7) is 23.9. The lowest BCUT2D eigenvalue weighted by atomic mass is 9.96. The van der Waals surface area contributed by atoms with E-state index in [4.69, 9.17) is 58.7 Å². The number of rotatable bonds is 18. The van der Waals surface area contributed by atoms with Crippen molar-refractivity contribution in [1.82, 2.24) is 0 Å². The van der Waals surface area contributed by atoms with Gasteiger partial charge in [-0.1, -0.05) is 83.4 Å². The molecule has 14 heteroatoms. The molecule has 1 aromatic carbocycles. The minimum Gasteiger partial charge on any atom is -0.457 e. The zero-order valence-corrected chi connectivity index (χ0v) is 36.2. The number of benzene rings is 1. The molecule has 1 aromatic rings. The van der Waals surface area contributed by atoms with E-state index in [-0.39, 0.29) is 24.4 Å². The molecule has 0 unspecified atom stereocenters. The molecule has 3 aliphatic heterocycles. The van der Waals surface area contributed by atoms with Crippen LogP contribution in [0.4, 0.5) is 0 Å². The van der Waals surface area contributed by atoms with Crippen molar-refractivity contribution >= 4 is 31.9 Å². The molecule has 55 heavy (non-hydrogen) atoms. The third-order valence-electron chi connectivity index (χ3n) is 10.7. The van der Waals surface area contributed by atoms with Crippen molar-refractivity contribution in [3.8, 4) is 0 Å². The molecule has 0 aliphatic carbocycles. The second-order valence-electron chi connectivity index (χ2n) is 16.7. The van der Waals surface area contributed by atoms with Crippen molar-refractivity contribution in [1.29, 1.82) is 0 Å². The number of hydrogen-bond acceptors (Lipinski definition) is 12. The summed E-state index contributed by atoms with van der Waals surface area (Å²) in [5, 5.41) is -0.212. The Balaban J connectivity index is 1.82. The maximum Gasteiger partial charge on any atom is 0.321 e. The van der Waals surface area contributed by atoms with E-state index in [1.165, 1.54) is 6.92 Å². The minimum atomic E-state index is -2.56. The SMILES string of the molecule is C=CC[C@H](CCCCC)O[C@@H]1O[C@H](C)[C@H](OC(C)=O)[C@H](OCc2ccccc2)[C@H]1O[C@@H]1O[C@@H]2COC(C)(C)O[C@H]2[C@H](O[Si](C)(C)C(C)(C)C)[C@H]1OC(=O)CCl. The Morgan fingerprint density at radius 1 is 1.02 bits per heavy atom. The van der Waals surface area contributed by atoms with Crippen LogP contribution in [0.25, 0.3) is 0 Å². The van der Waals surface area contributed by atoms with Crippen LogP contribution < -0.4 is 0 Å². The standard InChI is InChI=1S/C41H65ClO12Si/c1-12-14-16-22-29(19-13-2)49-38-36(34(32(26(3)47-38)48-27(4)43)45-24-28-20-17-15-18-21-28)52-39-37(51-31(44)23-42)35(54-55(10,11)40(5,6)7)33-30(50-39)25-46-41(8,9)53-33/h13,15,17-18,20-21,26,29-30,32-39H,2,12,14,16,19,22-25H2,1,3-11H3/t26-,29-,30-,32+,33-,34+,35+,36-,37-,38+,39+/m1/s1. The van der Waals surface area contributed by atoms with Gasteiger partial charge in [-0.2, -0.15) is 0 Å². The van der Waals surface area contributed by atoms with Crippen molar-refractivity contribution in [3.63, 3.8) is 0 Å².